The molecule has 35 heavy (non-hydrogen) atoms. The van der Waals surface area contributed by atoms with Gasteiger partial charge >= 0.3 is 0 Å². The number of anilines is 1. The topological polar surface area (TPSA) is 125 Å². The Morgan fingerprint density at radius 3 is 2.71 bits per heavy atom. The van der Waals surface area contributed by atoms with Gasteiger partial charge in [0.25, 0.3) is 0 Å². The van der Waals surface area contributed by atoms with Gasteiger partial charge < -0.3 is 14.7 Å². The minimum atomic E-state index is -0.123. The van der Waals surface area contributed by atoms with E-state index in [1.807, 2.05) is 50.4 Å². The van der Waals surface area contributed by atoms with Crippen molar-refractivity contribution < 1.29 is 9.21 Å². The van der Waals surface area contributed by atoms with Gasteiger partial charge in [-0.25, -0.2) is 4.98 Å². The van der Waals surface area contributed by atoms with Gasteiger partial charge in [-0.1, -0.05) is 13.8 Å². The molecule has 0 fully saturated rings. The number of rotatable bonds is 5. The third-order valence-electron chi connectivity index (χ3n) is 5.87. The van der Waals surface area contributed by atoms with Crippen molar-refractivity contribution in [3.8, 4) is 33.8 Å². The van der Waals surface area contributed by atoms with Gasteiger partial charge in [0.05, 0.1) is 53.0 Å². The highest BCUT2D eigenvalue weighted by atomic mass is 16.3. The Hall–Kier alpha value is -4.79. The van der Waals surface area contributed by atoms with Gasteiger partial charge in [0.15, 0.2) is 0 Å². The fraction of sp³-hybridized carbons (Fsp3) is 0.115. The lowest BCUT2D eigenvalue weighted by Gasteiger charge is -2.08. The molecule has 0 aliphatic carbocycles. The number of fused-ring (bicyclic) bond motifs is 2. The van der Waals surface area contributed by atoms with Crippen molar-refractivity contribution in [1.82, 2.24) is 30.1 Å². The van der Waals surface area contributed by atoms with Crippen molar-refractivity contribution in [2.75, 3.05) is 5.32 Å². The monoisotopic (exact) mass is 463 g/mol. The summed E-state index contributed by atoms with van der Waals surface area (Å²) in [4.78, 5) is 29.0. The molecule has 0 spiro atoms. The first kappa shape index (κ1) is 20.8. The molecule has 0 unspecified atom stereocenters. The Kier molecular flexibility index (Phi) is 4.88. The van der Waals surface area contributed by atoms with Gasteiger partial charge in [-0.05, 0) is 30.3 Å². The van der Waals surface area contributed by atoms with E-state index in [-0.39, 0.29) is 11.8 Å². The van der Waals surface area contributed by atoms with Crippen LogP contribution in [0.2, 0.25) is 0 Å². The third kappa shape index (κ3) is 3.72. The molecular formula is C26H21N7O2. The number of aromatic nitrogens is 6. The molecule has 9 nitrogen and oxygen atoms in total. The van der Waals surface area contributed by atoms with Crippen molar-refractivity contribution in [1.29, 1.82) is 0 Å². The van der Waals surface area contributed by atoms with Gasteiger partial charge in [0.1, 0.15) is 11.2 Å². The van der Waals surface area contributed by atoms with Crippen molar-refractivity contribution >= 4 is 33.5 Å². The number of nitrogens with zero attached hydrogens (tertiary/aromatic N) is 4. The minimum Gasteiger partial charge on any atom is -0.472 e. The van der Waals surface area contributed by atoms with E-state index >= 15 is 0 Å². The highest BCUT2D eigenvalue weighted by molar-refractivity contribution is 6.00. The second-order valence-electron chi connectivity index (χ2n) is 8.61. The Morgan fingerprint density at radius 2 is 1.89 bits per heavy atom. The average molecular weight is 464 g/mol. The molecule has 6 aromatic heterocycles. The van der Waals surface area contributed by atoms with Crippen LogP contribution in [0.5, 0.6) is 0 Å². The molecule has 0 aromatic carbocycles. The highest BCUT2D eigenvalue weighted by Gasteiger charge is 2.16. The summed E-state index contributed by atoms with van der Waals surface area (Å²) in [5.74, 6) is -0.185. The first-order chi connectivity index (χ1) is 17.1. The molecule has 172 valence electrons. The average Bonchev–Trinajstić information content (AvgIpc) is 3.62. The fourth-order valence-corrected chi connectivity index (χ4v) is 4.01. The number of amides is 1. The molecular weight excluding hydrogens is 442 g/mol. The second-order valence-corrected chi connectivity index (χ2v) is 8.61. The lowest BCUT2D eigenvalue weighted by Crippen LogP contribution is -2.17. The first-order valence-electron chi connectivity index (χ1n) is 11.2. The molecule has 0 bridgehead atoms. The third-order valence-corrected chi connectivity index (χ3v) is 5.87. The number of aromatic amines is 2. The van der Waals surface area contributed by atoms with Crippen LogP contribution < -0.4 is 5.32 Å². The SMILES string of the molecule is CC(C)C(=O)Nc1cncc(-c2ccc3[nH]nc(-c4cc5c(-c6ccoc6)cncc5[nH]4)c3n2)c1. The number of hydrogen-bond donors (Lipinski definition) is 3. The fourth-order valence-electron chi connectivity index (χ4n) is 4.01. The van der Waals surface area contributed by atoms with Crippen LogP contribution in [0.1, 0.15) is 13.8 Å². The quantitative estimate of drug-likeness (QED) is 0.314. The number of hydrogen-bond acceptors (Lipinski definition) is 6. The van der Waals surface area contributed by atoms with Gasteiger partial charge in [-0.3, -0.25) is 19.9 Å². The van der Waals surface area contributed by atoms with E-state index in [1.54, 1.807) is 31.1 Å². The van der Waals surface area contributed by atoms with E-state index in [4.69, 9.17) is 9.40 Å². The molecule has 6 aromatic rings. The van der Waals surface area contributed by atoms with E-state index < -0.39 is 0 Å². The summed E-state index contributed by atoms with van der Waals surface area (Å²) in [7, 11) is 0. The number of H-pyrrole nitrogens is 2. The van der Waals surface area contributed by atoms with Crippen molar-refractivity contribution in [2.45, 2.75) is 13.8 Å². The van der Waals surface area contributed by atoms with Crippen LogP contribution in [-0.2, 0) is 4.79 Å². The first-order valence-corrected chi connectivity index (χ1v) is 11.2. The number of carbonyl (C=O) groups is 1. The molecule has 0 aliphatic heterocycles. The van der Waals surface area contributed by atoms with Gasteiger partial charge in [-0.2, -0.15) is 5.10 Å². The number of carbonyl (C=O) groups excluding carboxylic acids is 1. The van der Waals surface area contributed by atoms with E-state index in [0.29, 0.717) is 11.4 Å². The van der Waals surface area contributed by atoms with E-state index in [9.17, 15) is 4.79 Å². The molecule has 1 amide bonds. The predicted molar refractivity (Wildman–Crippen MR) is 133 cm³/mol. The maximum Gasteiger partial charge on any atom is 0.226 e. The lowest BCUT2D eigenvalue weighted by molar-refractivity contribution is -0.118. The smallest absolute Gasteiger partial charge is 0.226 e. The van der Waals surface area contributed by atoms with Crippen LogP contribution in [0.4, 0.5) is 5.69 Å². The van der Waals surface area contributed by atoms with Gasteiger partial charge in [-0.15, -0.1) is 0 Å². The molecule has 9 heteroatoms. The summed E-state index contributed by atoms with van der Waals surface area (Å²) in [6, 6.07) is 9.67. The van der Waals surface area contributed by atoms with Crippen LogP contribution in [0.3, 0.4) is 0 Å². The van der Waals surface area contributed by atoms with Crippen LogP contribution in [0.15, 0.2) is 72.1 Å². The van der Waals surface area contributed by atoms with E-state index in [1.165, 1.54) is 0 Å². The Morgan fingerprint density at radius 1 is 1.00 bits per heavy atom. The maximum atomic E-state index is 12.1. The lowest BCUT2D eigenvalue weighted by atomic mass is 10.1. The van der Waals surface area contributed by atoms with Crippen molar-refractivity contribution in [3.63, 3.8) is 0 Å². The molecule has 6 heterocycles. The Balaban J connectivity index is 1.41. The summed E-state index contributed by atoms with van der Waals surface area (Å²) in [5, 5.41) is 11.5. The number of furan rings is 1. The molecule has 0 radical (unpaired) electrons. The van der Waals surface area contributed by atoms with Gasteiger partial charge in [0.2, 0.25) is 5.91 Å². The summed E-state index contributed by atoms with van der Waals surface area (Å²) in [6.45, 7) is 3.70. The van der Waals surface area contributed by atoms with Crippen molar-refractivity contribution in [3.05, 3.63) is 67.6 Å². The van der Waals surface area contributed by atoms with Crippen LogP contribution in [0, 0.1) is 5.92 Å². The zero-order valence-corrected chi connectivity index (χ0v) is 19.0. The highest BCUT2D eigenvalue weighted by Crippen LogP contribution is 2.34. The van der Waals surface area contributed by atoms with E-state index in [2.05, 4.69) is 30.5 Å². The summed E-state index contributed by atoms with van der Waals surface area (Å²) < 4.78 is 5.26. The minimum absolute atomic E-state index is 0.0624. The zero-order valence-electron chi connectivity index (χ0n) is 19.0. The molecule has 6 rings (SSSR count). The zero-order chi connectivity index (χ0) is 23.9. The predicted octanol–water partition coefficient (Wildman–Crippen LogP) is 5.42. The maximum absolute atomic E-state index is 12.1. The standard InChI is InChI=1S/C26H21N7O2/c1-14(2)26(34)29-17-7-16(9-27-10-17)20-3-4-21-24(31-20)25(33-32-21)22-8-18-19(15-5-6-35-13-15)11-28-12-23(18)30-22/h3-14,30H,1-2H3,(H,29,34)(H,32,33). The van der Waals surface area contributed by atoms with Crippen LogP contribution in [0.25, 0.3) is 55.7 Å². The largest absolute Gasteiger partial charge is 0.472 e. The normalized spacial score (nSPS) is 11.5. The van der Waals surface area contributed by atoms with Crippen molar-refractivity contribution in [2.24, 2.45) is 5.92 Å². The Bertz CT molecular complexity index is 1680. The molecule has 0 saturated heterocycles. The number of nitrogens with one attached hydrogen (secondary N) is 3. The molecule has 0 aliphatic rings. The molecule has 0 atom stereocenters. The van der Waals surface area contributed by atoms with Gasteiger partial charge in [0, 0.05) is 40.4 Å². The second kappa shape index (κ2) is 8.21. The molecule has 0 saturated carbocycles. The van der Waals surface area contributed by atoms with Crippen LogP contribution in [-0.4, -0.2) is 36.0 Å². The molecule has 3 N–H and O–H groups in total. The number of pyridine rings is 3. The Labute approximate surface area is 199 Å². The summed E-state index contributed by atoms with van der Waals surface area (Å²) in [5.41, 5.74) is 8.04. The van der Waals surface area contributed by atoms with E-state index in [0.717, 1.165) is 50.0 Å². The van der Waals surface area contributed by atoms with Crippen LogP contribution >= 0.6 is 0 Å². The summed E-state index contributed by atoms with van der Waals surface area (Å²) in [6.07, 6.45) is 10.3. The summed E-state index contributed by atoms with van der Waals surface area (Å²) >= 11 is 0.